The standard InChI is InChI=1S/C19H17F2N3O2/c20-19(21)26-17-6-4-14(5-7-17)11-18(25)23-16-3-1-2-15(10-16)12-24-9-8-22-13-24/h1-10,13,19H,11-12H2,(H,23,25). The van der Waals surface area contributed by atoms with Gasteiger partial charge < -0.3 is 14.6 Å². The Balaban J connectivity index is 1.57. The normalized spacial score (nSPS) is 10.7. The Morgan fingerprint density at radius 1 is 1.15 bits per heavy atom. The van der Waals surface area contributed by atoms with Crippen LogP contribution in [0, 0.1) is 0 Å². The van der Waals surface area contributed by atoms with Gasteiger partial charge in [-0.1, -0.05) is 24.3 Å². The molecule has 2 aromatic carbocycles. The fraction of sp³-hybridized carbons (Fsp3) is 0.158. The van der Waals surface area contributed by atoms with E-state index in [-0.39, 0.29) is 18.1 Å². The minimum absolute atomic E-state index is 0.0661. The number of amides is 1. The fourth-order valence-electron chi connectivity index (χ4n) is 2.52. The van der Waals surface area contributed by atoms with Crippen molar-refractivity contribution in [2.45, 2.75) is 19.6 Å². The summed E-state index contributed by atoms with van der Waals surface area (Å²) in [5, 5.41) is 2.84. The van der Waals surface area contributed by atoms with Gasteiger partial charge in [-0.15, -0.1) is 0 Å². The number of aromatic nitrogens is 2. The molecule has 0 unspecified atom stereocenters. The highest BCUT2D eigenvalue weighted by Crippen LogP contribution is 2.16. The first kappa shape index (κ1) is 17.6. The third kappa shape index (κ3) is 5.14. The molecular weight excluding hydrogens is 340 g/mol. The number of nitrogens with zero attached hydrogens (tertiary/aromatic N) is 2. The second kappa shape index (κ2) is 8.24. The summed E-state index contributed by atoms with van der Waals surface area (Å²) in [7, 11) is 0. The van der Waals surface area contributed by atoms with Crippen molar-refractivity contribution in [2.24, 2.45) is 0 Å². The summed E-state index contributed by atoms with van der Waals surface area (Å²) in [6, 6.07) is 13.6. The van der Waals surface area contributed by atoms with Crippen molar-refractivity contribution in [3.05, 3.63) is 78.4 Å². The number of ether oxygens (including phenoxy) is 1. The minimum atomic E-state index is -2.86. The molecule has 0 bridgehead atoms. The van der Waals surface area contributed by atoms with Crippen LogP contribution in [0.1, 0.15) is 11.1 Å². The summed E-state index contributed by atoms with van der Waals surface area (Å²) in [6.45, 7) is -2.20. The Morgan fingerprint density at radius 3 is 2.65 bits per heavy atom. The molecule has 1 N–H and O–H groups in total. The molecule has 26 heavy (non-hydrogen) atoms. The van der Waals surface area contributed by atoms with E-state index >= 15 is 0 Å². The molecule has 0 aliphatic rings. The molecule has 0 spiro atoms. The maximum Gasteiger partial charge on any atom is 0.387 e. The monoisotopic (exact) mass is 357 g/mol. The highest BCUT2D eigenvalue weighted by atomic mass is 19.3. The van der Waals surface area contributed by atoms with Crippen molar-refractivity contribution >= 4 is 11.6 Å². The number of hydrogen-bond acceptors (Lipinski definition) is 3. The van der Waals surface area contributed by atoms with Crippen LogP contribution < -0.4 is 10.1 Å². The highest BCUT2D eigenvalue weighted by molar-refractivity contribution is 5.92. The van der Waals surface area contributed by atoms with E-state index in [0.29, 0.717) is 17.8 Å². The van der Waals surface area contributed by atoms with E-state index in [4.69, 9.17) is 0 Å². The van der Waals surface area contributed by atoms with Gasteiger partial charge in [0.1, 0.15) is 5.75 Å². The predicted octanol–water partition coefficient (Wildman–Crippen LogP) is 3.71. The van der Waals surface area contributed by atoms with Gasteiger partial charge in [0.05, 0.1) is 12.7 Å². The van der Waals surface area contributed by atoms with Crippen molar-refractivity contribution < 1.29 is 18.3 Å². The molecule has 0 aliphatic heterocycles. The van der Waals surface area contributed by atoms with Gasteiger partial charge in [-0.05, 0) is 35.4 Å². The molecule has 134 valence electrons. The first-order valence-corrected chi connectivity index (χ1v) is 7.97. The molecular formula is C19H17F2N3O2. The zero-order valence-electron chi connectivity index (χ0n) is 13.8. The van der Waals surface area contributed by atoms with Crippen LogP contribution in [0.4, 0.5) is 14.5 Å². The Kier molecular flexibility index (Phi) is 5.58. The van der Waals surface area contributed by atoms with Gasteiger partial charge in [-0.3, -0.25) is 4.79 Å². The molecule has 0 radical (unpaired) electrons. The van der Waals surface area contributed by atoms with E-state index in [0.717, 1.165) is 5.56 Å². The molecule has 0 saturated carbocycles. The quantitative estimate of drug-likeness (QED) is 0.701. The predicted molar refractivity (Wildman–Crippen MR) is 93.2 cm³/mol. The lowest BCUT2D eigenvalue weighted by Gasteiger charge is -2.09. The molecule has 5 nitrogen and oxygen atoms in total. The van der Waals surface area contributed by atoms with Crippen molar-refractivity contribution in [1.29, 1.82) is 0 Å². The summed E-state index contributed by atoms with van der Waals surface area (Å²) in [5.74, 6) is -0.122. The summed E-state index contributed by atoms with van der Waals surface area (Å²) in [6.07, 6.45) is 5.45. The van der Waals surface area contributed by atoms with Crippen LogP contribution >= 0.6 is 0 Å². The van der Waals surface area contributed by atoms with E-state index < -0.39 is 6.61 Å². The number of hydrogen-bond donors (Lipinski definition) is 1. The number of anilines is 1. The Bertz CT molecular complexity index is 849. The summed E-state index contributed by atoms with van der Waals surface area (Å²) in [4.78, 5) is 16.2. The van der Waals surface area contributed by atoms with E-state index in [1.165, 1.54) is 12.1 Å². The molecule has 0 atom stereocenters. The van der Waals surface area contributed by atoms with Gasteiger partial charge in [0.25, 0.3) is 0 Å². The van der Waals surface area contributed by atoms with Gasteiger partial charge in [0.2, 0.25) is 5.91 Å². The smallest absolute Gasteiger partial charge is 0.387 e. The average molecular weight is 357 g/mol. The zero-order valence-corrected chi connectivity index (χ0v) is 13.8. The van der Waals surface area contributed by atoms with Gasteiger partial charge in [-0.2, -0.15) is 8.78 Å². The topological polar surface area (TPSA) is 56.1 Å². The van der Waals surface area contributed by atoms with Gasteiger partial charge in [0.15, 0.2) is 0 Å². The highest BCUT2D eigenvalue weighted by Gasteiger charge is 2.07. The second-order valence-corrected chi connectivity index (χ2v) is 5.68. The summed E-state index contributed by atoms with van der Waals surface area (Å²) < 4.78 is 30.5. The largest absolute Gasteiger partial charge is 0.435 e. The molecule has 0 saturated heterocycles. The molecule has 3 rings (SSSR count). The number of nitrogens with one attached hydrogen (secondary N) is 1. The summed E-state index contributed by atoms with van der Waals surface area (Å²) >= 11 is 0. The zero-order chi connectivity index (χ0) is 18.4. The third-order valence-corrected chi connectivity index (χ3v) is 3.65. The Morgan fingerprint density at radius 2 is 1.96 bits per heavy atom. The lowest BCUT2D eigenvalue weighted by Crippen LogP contribution is -2.14. The molecule has 1 aromatic heterocycles. The van der Waals surface area contributed by atoms with E-state index in [1.54, 1.807) is 24.7 Å². The molecule has 0 fully saturated rings. The van der Waals surface area contributed by atoms with Crippen LogP contribution in [0.25, 0.3) is 0 Å². The van der Waals surface area contributed by atoms with Crippen LogP contribution in [-0.2, 0) is 17.8 Å². The maximum absolute atomic E-state index is 12.2. The second-order valence-electron chi connectivity index (χ2n) is 5.68. The van der Waals surface area contributed by atoms with Crippen molar-refractivity contribution in [3.63, 3.8) is 0 Å². The van der Waals surface area contributed by atoms with Crippen LogP contribution in [0.2, 0.25) is 0 Å². The number of imidazole rings is 1. The lowest BCUT2D eigenvalue weighted by molar-refractivity contribution is -0.115. The molecule has 3 aromatic rings. The van der Waals surface area contributed by atoms with Crippen molar-refractivity contribution in [3.8, 4) is 5.75 Å². The van der Waals surface area contributed by atoms with Crippen molar-refractivity contribution in [1.82, 2.24) is 9.55 Å². The first-order chi connectivity index (χ1) is 12.6. The number of rotatable bonds is 7. The SMILES string of the molecule is O=C(Cc1ccc(OC(F)F)cc1)Nc1cccc(Cn2ccnc2)c1. The van der Waals surface area contributed by atoms with Gasteiger partial charge in [0, 0.05) is 24.6 Å². The van der Waals surface area contributed by atoms with Gasteiger partial charge in [-0.25, -0.2) is 4.98 Å². The number of benzene rings is 2. The Labute approximate surface area is 149 Å². The third-order valence-electron chi connectivity index (χ3n) is 3.65. The van der Waals surface area contributed by atoms with E-state index in [1.807, 2.05) is 35.0 Å². The minimum Gasteiger partial charge on any atom is -0.435 e. The molecule has 7 heteroatoms. The van der Waals surface area contributed by atoms with Crippen LogP contribution in [0.3, 0.4) is 0 Å². The number of carbonyl (C=O) groups excluding carboxylic acids is 1. The fourth-order valence-corrected chi connectivity index (χ4v) is 2.52. The first-order valence-electron chi connectivity index (χ1n) is 7.97. The number of carbonyl (C=O) groups is 1. The van der Waals surface area contributed by atoms with Crippen LogP contribution in [0.5, 0.6) is 5.75 Å². The molecule has 0 aliphatic carbocycles. The average Bonchev–Trinajstić information content (AvgIpc) is 3.09. The molecule has 1 heterocycles. The van der Waals surface area contributed by atoms with E-state index in [9.17, 15) is 13.6 Å². The van der Waals surface area contributed by atoms with E-state index in [2.05, 4.69) is 15.0 Å². The number of halogens is 2. The van der Waals surface area contributed by atoms with Crippen LogP contribution in [0.15, 0.2) is 67.3 Å². The summed E-state index contributed by atoms with van der Waals surface area (Å²) in [5.41, 5.74) is 2.44. The number of alkyl halides is 2. The Hall–Kier alpha value is -3.22. The van der Waals surface area contributed by atoms with Crippen molar-refractivity contribution in [2.75, 3.05) is 5.32 Å². The van der Waals surface area contributed by atoms with Crippen LogP contribution in [-0.4, -0.2) is 22.1 Å². The maximum atomic E-state index is 12.2. The molecule has 1 amide bonds. The van der Waals surface area contributed by atoms with Gasteiger partial charge >= 0.3 is 6.61 Å². The lowest BCUT2D eigenvalue weighted by atomic mass is 10.1.